The van der Waals surface area contributed by atoms with Gasteiger partial charge < -0.3 is 9.53 Å². The molecule has 16 heavy (non-hydrogen) atoms. The van der Waals surface area contributed by atoms with E-state index in [1.807, 2.05) is 19.6 Å². The Labute approximate surface area is 97.8 Å². The van der Waals surface area contributed by atoms with E-state index in [0.29, 0.717) is 6.42 Å². The summed E-state index contributed by atoms with van der Waals surface area (Å²) in [5.74, 6) is -0.987. The SMILES string of the molecule is C=CCC(=O)O.C=CCC(=O)O[Si](C)(C)C. The number of aliphatic carboxylic acids is 1. The highest BCUT2D eigenvalue weighted by atomic mass is 28.4. The molecule has 4 nitrogen and oxygen atoms in total. The predicted molar refractivity (Wildman–Crippen MR) is 66.7 cm³/mol. The minimum Gasteiger partial charge on any atom is -0.520 e. The summed E-state index contributed by atoms with van der Waals surface area (Å²) in [7, 11) is -1.65. The van der Waals surface area contributed by atoms with Gasteiger partial charge in [0.1, 0.15) is 0 Å². The highest BCUT2D eigenvalue weighted by Crippen LogP contribution is 2.03. The fourth-order valence-corrected chi connectivity index (χ4v) is 1.39. The number of carboxylic acid groups (broad SMARTS) is 1. The zero-order chi connectivity index (χ0) is 13.2. The second kappa shape index (κ2) is 8.91. The van der Waals surface area contributed by atoms with Crippen LogP contribution in [0.3, 0.4) is 0 Å². The van der Waals surface area contributed by atoms with Crippen LogP contribution in [0.2, 0.25) is 19.6 Å². The van der Waals surface area contributed by atoms with Crippen LogP contribution in [0.5, 0.6) is 0 Å². The minimum absolute atomic E-state index is 0.0556. The Bertz CT molecular complexity index is 253. The molecule has 0 bridgehead atoms. The number of rotatable bonds is 5. The smallest absolute Gasteiger partial charge is 0.307 e. The summed E-state index contributed by atoms with van der Waals surface area (Å²) in [6, 6.07) is 0. The van der Waals surface area contributed by atoms with Crippen molar-refractivity contribution in [1.82, 2.24) is 0 Å². The molecule has 0 atom stereocenters. The lowest BCUT2D eigenvalue weighted by molar-refractivity contribution is -0.136. The van der Waals surface area contributed by atoms with Gasteiger partial charge in [0, 0.05) is 0 Å². The van der Waals surface area contributed by atoms with E-state index in [-0.39, 0.29) is 12.4 Å². The van der Waals surface area contributed by atoms with Crippen molar-refractivity contribution in [2.45, 2.75) is 32.5 Å². The van der Waals surface area contributed by atoms with Crippen LogP contribution in [0.25, 0.3) is 0 Å². The summed E-state index contributed by atoms with van der Waals surface area (Å²) < 4.78 is 5.11. The number of hydrogen-bond donors (Lipinski definition) is 1. The molecule has 5 heteroatoms. The summed E-state index contributed by atoms with van der Waals surface area (Å²) in [5.41, 5.74) is 0. The first-order valence-corrected chi connectivity index (χ1v) is 8.29. The minimum atomic E-state index is -1.65. The fourth-order valence-electron chi connectivity index (χ4n) is 0.624. The third kappa shape index (κ3) is 18.4. The molecule has 0 rings (SSSR count). The van der Waals surface area contributed by atoms with Crippen LogP contribution in [0, 0.1) is 0 Å². The molecule has 0 radical (unpaired) electrons. The van der Waals surface area contributed by atoms with Crippen molar-refractivity contribution in [2.75, 3.05) is 0 Å². The maximum atomic E-state index is 10.8. The second-order valence-electron chi connectivity index (χ2n) is 3.97. The molecule has 0 heterocycles. The topological polar surface area (TPSA) is 63.6 Å². The molecule has 92 valence electrons. The van der Waals surface area contributed by atoms with E-state index in [1.54, 1.807) is 6.08 Å². The van der Waals surface area contributed by atoms with Crippen LogP contribution < -0.4 is 0 Å². The van der Waals surface area contributed by atoms with Gasteiger partial charge in [-0.15, -0.1) is 13.2 Å². The molecule has 0 saturated heterocycles. The van der Waals surface area contributed by atoms with Crippen molar-refractivity contribution in [3.8, 4) is 0 Å². The Hall–Kier alpha value is -1.36. The Kier molecular flexibility index (Phi) is 9.49. The molecule has 0 aliphatic heterocycles. The van der Waals surface area contributed by atoms with Crippen LogP contribution in [-0.4, -0.2) is 25.4 Å². The van der Waals surface area contributed by atoms with Crippen LogP contribution in [-0.2, 0) is 14.0 Å². The van der Waals surface area contributed by atoms with Crippen molar-refractivity contribution in [3.63, 3.8) is 0 Å². The molecular weight excluding hydrogens is 224 g/mol. The van der Waals surface area contributed by atoms with Gasteiger partial charge in [-0.3, -0.25) is 9.59 Å². The maximum Gasteiger partial charge on any atom is 0.307 e. The summed E-state index contributed by atoms with van der Waals surface area (Å²) in [5, 5.41) is 7.84. The van der Waals surface area contributed by atoms with Crippen molar-refractivity contribution in [2.24, 2.45) is 0 Å². The van der Waals surface area contributed by atoms with E-state index in [1.165, 1.54) is 6.08 Å². The predicted octanol–water partition coefficient (Wildman–Crippen LogP) is 2.59. The fraction of sp³-hybridized carbons (Fsp3) is 0.455. The van der Waals surface area contributed by atoms with Crippen LogP contribution in [0.15, 0.2) is 25.3 Å². The molecule has 0 aromatic carbocycles. The Morgan fingerprint density at radius 1 is 1.19 bits per heavy atom. The van der Waals surface area contributed by atoms with E-state index in [9.17, 15) is 9.59 Å². The first kappa shape index (κ1) is 17.0. The van der Waals surface area contributed by atoms with Crippen molar-refractivity contribution < 1.29 is 19.1 Å². The standard InChI is InChI=1S/C7H14O2Si.C4H6O2/c1-5-6-7(8)9-10(2,3)4;1-2-3-4(5)6/h5H,1,6H2,2-4H3;2H,1,3H2,(H,5,6). The van der Waals surface area contributed by atoms with Crippen molar-refractivity contribution >= 4 is 20.3 Å². The summed E-state index contributed by atoms with van der Waals surface area (Å²) in [4.78, 5) is 20.3. The van der Waals surface area contributed by atoms with E-state index in [4.69, 9.17) is 9.53 Å². The largest absolute Gasteiger partial charge is 0.520 e. The molecule has 1 N–H and O–H groups in total. The monoisotopic (exact) mass is 244 g/mol. The number of carboxylic acids is 1. The van der Waals surface area contributed by atoms with Crippen molar-refractivity contribution in [1.29, 1.82) is 0 Å². The molecule has 0 saturated carbocycles. The molecule has 0 aromatic rings. The van der Waals surface area contributed by atoms with E-state index >= 15 is 0 Å². The lowest BCUT2D eigenvalue weighted by atomic mass is 10.4. The van der Waals surface area contributed by atoms with Gasteiger partial charge in [0.25, 0.3) is 5.97 Å². The summed E-state index contributed by atoms with van der Waals surface area (Å²) >= 11 is 0. The molecule has 0 amide bonds. The molecule has 0 aromatic heterocycles. The van der Waals surface area contributed by atoms with Gasteiger partial charge in [0.15, 0.2) is 0 Å². The van der Waals surface area contributed by atoms with Gasteiger partial charge >= 0.3 is 5.97 Å². The van der Waals surface area contributed by atoms with E-state index < -0.39 is 14.3 Å². The Morgan fingerprint density at radius 2 is 1.62 bits per heavy atom. The van der Waals surface area contributed by atoms with Crippen LogP contribution >= 0.6 is 0 Å². The normalized spacial score (nSPS) is 9.44. The zero-order valence-corrected chi connectivity index (χ0v) is 11.2. The second-order valence-corrected chi connectivity index (χ2v) is 8.39. The third-order valence-corrected chi connectivity index (χ3v) is 1.89. The van der Waals surface area contributed by atoms with E-state index in [2.05, 4.69) is 13.2 Å². The lowest BCUT2D eigenvalue weighted by Crippen LogP contribution is -2.28. The summed E-state index contributed by atoms with van der Waals surface area (Å²) in [6.07, 6.45) is 3.29. The van der Waals surface area contributed by atoms with Gasteiger partial charge in [0.2, 0.25) is 8.32 Å². The average Bonchev–Trinajstić information content (AvgIpc) is 2.01. The number of hydrogen-bond acceptors (Lipinski definition) is 3. The third-order valence-electron chi connectivity index (χ3n) is 1.05. The van der Waals surface area contributed by atoms with E-state index in [0.717, 1.165) is 0 Å². The quantitative estimate of drug-likeness (QED) is 0.596. The summed E-state index contributed by atoms with van der Waals surface area (Å²) in [6.45, 7) is 12.6. The Morgan fingerprint density at radius 3 is 1.81 bits per heavy atom. The molecule has 0 unspecified atom stereocenters. The Balaban J connectivity index is 0. The van der Waals surface area contributed by atoms with Crippen LogP contribution in [0.1, 0.15) is 12.8 Å². The van der Waals surface area contributed by atoms with Gasteiger partial charge in [-0.1, -0.05) is 12.2 Å². The maximum absolute atomic E-state index is 10.8. The first-order valence-electron chi connectivity index (χ1n) is 4.88. The molecule has 0 spiro atoms. The van der Waals surface area contributed by atoms with Gasteiger partial charge in [-0.25, -0.2) is 0 Å². The molecule has 0 aliphatic carbocycles. The molecule has 0 aliphatic rings. The number of carbonyl (C=O) groups excluding carboxylic acids is 1. The van der Waals surface area contributed by atoms with Crippen LogP contribution in [0.4, 0.5) is 0 Å². The van der Waals surface area contributed by atoms with Gasteiger partial charge in [0.05, 0.1) is 12.8 Å². The van der Waals surface area contributed by atoms with Gasteiger partial charge in [-0.2, -0.15) is 0 Å². The first-order chi connectivity index (χ1) is 7.22. The van der Waals surface area contributed by atoms with Gasteiger partial charge in [-0.05, 0) is 19.6 Å². The highest BCUT2D eigenvalue weighted by molar-refractivity contribution is 6.71. The lowest BCUT2D eigenvalue weighted by Gasteiger charge is -2.16. The molecule has 0 fully saturated rings. The molecular formula is C11H20O4Si. The average molecular weight is 244 g/mol. The highest BCUT2D eigenvalue weighted by Gasteiger charge is 2.18. The number of carbonyl (C=O) groups is 2. The van der Waals surface area contributed by atoms with Crippen molar-refractivity contribution in [3.05, 3.63) is 25.3 Å². The zero-order valence-electron chi connectivity index (χ0n) is 10.2.